The number of nitrogens with zero attached hydrogens (tertiary/aromatic N) is 3. The number of rotatable bonds is 12. The Balaban J connectivity index is 1.61. The molecule has 38 heavy (non-hydrogen) atoms. The Kier molecular flexibility index (Phi) is 10.2. The van der Waals surface area contributed by atoms with E-state index in [4.69, 9.17) is 9.47 Å². The molecule has 1 aliphatic heterocycles. The van der Waals surface area contributed by atoms with Crippen LogP contribution in [0.4, 0.5) is 15.8 Å². The van der Waals surface area contributed by atoms with Gasteiger partial charge in [0.2, 0.25) is 6.29 Å². The fourth-order valence-corrected chi connectivity index (χ4v) is 4.34. The largest absolute Gasteiger partial charge is 0.494 e. The van der Waals surface area contributed by atoms with E-state index >= 15 is 0 Å². The van der Waals surface area contributed by atoms with E-state index in [2.05, 4.69) is 78.3 Å². The van der Waals surface area contributed by atoms with Gasteiger partial charge in [0, 0.05) is 55.1 Å². The Hall–Kier alpha value is -3.46. The van der Waals surface area contributed by atoms with Crippen LogP contribution >= 0.6 is 0 Å². The van der Waals surface area contributed by atoms with Crippen LogP contribution in [-0.4, -0.2) is 58.0 Å². The number of carbonyl (C=O) groups is 1. The smallest absolute Gasteiger partial charge is 0.251 e. The number of amides is 1. The lowest BCUT2D eigenvalue weighted by molar-refractivity contribution is 0.0961. The number of hydrogen-bond acceptors (Lipinski definition) is 7. The predicted molar refractivity (Wildman–Crippen MR) is 152 cm³/mol. The number of benzene rings is 2. The van der Waals surface area contributed by atoms with Gasteiger partial charge in [-0.3, -0.25) is 4.79 Å². The van der Waals surface area contributed by atoms with Gasteiger partial charge in [-0.15, -0.1) is 0 Å². The van der Waals surface area contributed by atoms with Crippen LogP contribution in [0.5, 0.6) is 5.75 Å². The minimum atomic E-state index is -0.566. The minimum absolute atomic E-state index is 0.0159. The van der Waals surface area contributed by atoms with Crippen LogP contribution in [0.1, 0.15) is 49.2 Å². The van der Waals surface area contributed by atoms with Gasteiger partial charge < -0.3 is 25.0 Å². The van der Waals surface area contributed by atoms with Crippen molar-refractivity contribution in [2.45, 2.75) is 53.6 Å². The first-order valence-corrected chi connectivity index (χ1v) is 13.0. The lowest BCUT2D eigenvalue weighted by Crippen LogP contribution is -2.32. The third kappa shape index (κ3) is 7.77. The second kappa shape index (κ2) is 13.4. The number of anilines is 2. The summed E-state index contributed by atoms with van der Waals surface area (Å²) in [6, 6.07) is 9.14. The predicted octanol–water partition coefficient (Wildman–Crippen LogP) is 5.06. The fourth-order valence-electron chi connectivity index (χ4n) is 4.34. The Morgan fingerprint density at radius 1 is 1.08 bits per heavy atom. The fraction of sp³-hybridized carbons (Fsp3) is 0.483. The maximum absolute atomic E-state index is 14.7. The SMILES string of the molecule is CNC(=O)c1cc(COC2C=NC(Nc3ccc(N(CC(C)C)CC(C)C)c(C)c3)N=C2)c(F)c(OC)c1. The average Bonchev–Trinajstić information content (AvgIpc) is 2.87. The molecule has 0 fully saturated rings. The van der Waals surface area contributed by atoms with E-state index in [9.17, 15) is 9.18 Å². The van der Waals surface area contributed by atoms with Crippen molar-refractivity contribution in [1.82, 2.24) is 5.32 Å². The van der Waals surface area contributed by atoms with Crippen LogP contribution < -0.4 is 20.3 Å². The first-order valence-electron chi connectivity index (χ1n) is 13.0. The number of carbonyl (C=O) groups excluding carboxylic acids is 1. The van der Waals surface area contributed by atoms with Crippen LogP contribution in [0.15, 0.2) is 40.3 Å². The molecule has 1 heterocycles. The van der Waals surface area contributed by atoms with Crippen molar-refractivity contribution in [3.8, 4) is 5.75 Å². The van der Waals surface area contributed by atoms with Crippen LogP contribution in [0.25, 0.3) is 0 Å². The summed E-state index contributed by atoms with van der Waals surface area (Å²) in [6.45, 7) is 13.0. The van der Waals surface area contributed by atoms with Gasteiger partial charge in [-0.2, -0.15) is 0 Å². The Bertz CT molecular complexity index is 1140. The van der Waals surface area contributed by atoms with Crippen LogP contribution in [0.2, 0.25) is 0 Å². The third-order valence-electron chi connectivity index (χ3n) is 6.01. The second-order valence-corrected chi connectivity index (χ2v) is 10.3. The molecule has 0 bridgehead atoms. The van der Waals surface area contributed by atoms with E-state index in [1.165, 1.54) is 37.5 Å². The standard InChI is InChI=1S/C29H40FN5O3/c1-18(2)15-35(16-19(3)4)25-9-8-23(10-20(25)5)34-29-32-13-24(14-33-29)38-17-22-11-21(28(36)31-6)12-26(37-7)27(22)30/h8-14,18-19,24,29,34H,15-17H2,1-7H3,(H,31,36). The normalized spacial score (nSPS) is 16.7. The summed E-state index contributed by atoms with van der Waals surface area (Å²) in [5.41, 5.74) is 3.87. The summed E-state index contributed by atoms with van der Waals surface area (Å²) in [6.07, 6.45) is 2.27. The third-order valence-corrected chi connectivity index (χ3v) is 6.01. The molecule has 0 radical (unpaired) electrons. The van der Waals surface area contributed by atoms with Gasteiger partial charge in [-0.1, -0.05) is 27.7 Å². The molecule has 0 aromatic heterocycles. The van der Waals surface area contributed by atoms with Crippen molar-refractivity contribution in [3.05, 3.63) is 52.8 Å². The molecule has 0 saturated heterocycles. The van der Waals surface area contributed by atoms with Gasteiger partial charge in [0.25, 0.3) is 5.91 Å². The Morgan fingerprint density at radius 2 is 1.74 bits per heavy atom. The highest BCUT2D eigenvalue weighted by Crippen LogP contribution is 2.27. The molecule has 2 N–H and O–H groups in total. The lowest BCUT2D eigenvalue weighted by Gasteiger charge is -2.30. The zero-order valence-corrected chi connectivity index (χ0v) is 23.4. The summed E-state index contributed by atoms with van der Waals surface area (Å²) >= 11 is 0. The van der Waals surface area contributed by atoms with Gasteiger partial charge in [-0.25, -0.2) is 14.4 Å². The maximum Gasteiger partial charge on any atom is 0.251 e. The highest BCUT2D eigenvalue weighted by atomic mass is 19.1. The van der Waals surface area contributed by atoms with E-state index in [1.807, 2.05) is 0 Å². The number of ether oxygens (including phenoxy) is 2. The van der Waals surface area contributed by atoms with Crippen molar-refractivity contribution in [2.75, 3.05) is 37.5 Å². The van der Waals surface area contributed by atoms with E-state index < -0.39 is 18.2 Å². The van der Waals surface area contributed by atoms with Gasteiger partial charge in [0.1, 0.15) is 6.10 Å². The van der Waals surface area contributed by atoms with Crippen molar-refractivity contribution >= 4 is 29.7 Å². The number of hydrogen-bond donors (Lipinski definition) is 2. The van der Waals surface area contributed by atoms with Crippen LogP contribution in [0.3, 0.4) is 0 Å². The summed E-state index contributed by atoms with van der Waals surface area (Å²) < 4.78 is 25.5. The van der Waals surface area contributed by atoms with Gasteiger partial charge in [-0.05, 0) is 54.7 Å². The van der Waals surface area contributed by atoms with E-state index in [-0.39, 0.29) is 29.4 Å². The molecule has 8 nitrogen and oxygen atoms in total. The van der Waals surface area contributed by atoms with Crippen LogP contribution in [-0.2, 0) is 11.3 Å². The minimum Gasteiger partial charge on any atom is -0.494 e. The molecule has 1 aliphatic rings. The molecule has 0 unspecified atom stereocenters. The molecule has 3 rings (SSSR count). The van der Waals surface area contributed by atoms with E-state index in [0.717, 1.165) is 18.8 Å². The first-order chi connectivity index (χ1) is 18.1. The van der Waals surface area contributed by atoms with Gasteiger partial charge in [0.15, 0.2) is 11.6 Å². The quantitative estimate of drug-likeness (QED) is 0.405. The zero-order chi connectivity index (χ0) is 27.8. The highest BCUT2D eigenvalue weighted by molar-refractivity contribution is 5.94. The average molecular weight is 526 g/mol. The van der Waals surface area contributed by atoms with Gasteiger partial charge >= 0.3 is 0 Å². The molecule has 2 aromatic rings. The monoisotopic (exact) mass is 525 g/mol. The van der Waals surface area contributed by atoms with Gasteiger partial charge in [0.05, 0.1) is 13.7 Å². The number of aryl methyl sites for hydroxylation is 1. The molecule has 0 saturated carbocycles. The molecule has 1 amide bonds. The zero-order valence-electron chi connectivity index (χ0n) is 23.4. The molecular formula is C29H40FN5O3. The summed E-state index contributed by atoms with van der Waals surface area (Å²) in [5, 5.41) is 5.85. The molecule has 0 spiro atoms. The Labute approximate surface area is 225 Å². The molecule has 0 atom stereocenters. The highest BCUT2D eigenvalue weighted by Gasteiger charge is 2.18. The van der Waals surface area contributed by atoms with E-state index in [1.54, 1.807) is 12.4 Å². The molecule has 9 heteroatoms. The molecule has 0 aliphatic carbocycles. The molecular weight excluding hydrogens is 485 g/mol. The topological polar surface area (TPSA) is 87.5 Å². The number of aliphatic imine (C=N–C) groups is 2. The van der Waals surface area contributed by atoms with Crippen molar-refractivity contribution in [2.24, 2.45) is 21.8 Å². The Morgan fingerprint density at radius 3 is 2.29 bits per heavy atom. The molecule has 2 aromatic carbocycles. The molecule has 206 valence electrons. The lowest BCUT2D eigenvalue weighted by atomic mass is 10.1. The number of nitrogens with one attached hydrogen (secondary N) is 2. The second-order valence-electron chi connectivity index (χ2n) is 10.3. The maximum atomic E-state index is 14.7. The van der Waals surface area contributed by atoms with Crippen molar-refractivity contribution in [1.29, 1.82) is 0 Å². The number of halogens is 1. The van der Waals surface area contributed by atoms with Crippen LogP contribution in [0, 0.1) is 24.6 Å². The van der Waals surface area contributed by atoms with Crippen molar-refractivity contribution in [3.63, 3.8) is 0 Å². The summed E-state index contributed by atoms with van der Waals surface area (Å²) in [7, 11) is 2.87. The summed E-state index contributed by atoms with van der Waals surface area (Å²) in [5.74, 6) is 0.229. The first kappa shape index (κ1) is 29.1. The van der Waals surface area contributed by atoms with Crippen molar-refractivity contribution < 1.29 is 18.7 Å². The van der Waals surface area contributed by atoms with E-state index in [0.29, 0.717) is 11.8 Å². The summed E-state index contributed by atoms with van der Waals surface area (Å²) in [4.78, 5) is 23.4. The number of methoxy groups -OCH3 is 1.